The van der Waals surface area contributed by atoms with E-state index in [0.29, 0.717) is 18.2 Å². The number of nitrogens with two attached hydrogens (primary N) is 1. The highest BCUT2D eigenvalue weighted by molar-refractivity contribution is 5.49. The second kappa shape index (κ2) is 3.02. The third-order valence-corrected chi connectivity index (χ3v) is 1.69. The molecule has 68 valence electrons. The molecule has 0 aliphatic rings. The Morgan fingerprint density at radius 3 is 3.00 bits per heavy atom. The summed E-state index contributed by atoms with van der Waals surface area (Å²) < 4.78 is 7.03. The summed E-state index contributed by atoms with van der Waals surface area (Å²) in [6.07, 6.45) is 3.48. The Labute approximate surface area is 75.2 Å². The van der Waals surface area contributed by atoms with Crippen molar-refractivity contribution in [3.63, 3.8) is 0 Å². The predicted octanol–water partition coefficient (Wildman–Crippen LogP) is 0.534. The van der Waals surface area contributed by atoms with Crippen LogP contribution in [0.3, 0.4) is 0 Å². The maximum Gasteiger partial charge on any atom is 0.208 e. The van der Waals surface area contributed by atoms with Crippen molar-refractivity contribution < 1.29 is 4.42 Å². The van der Waals surface area contributed by atoms with Crippen LogP contribution in [0.15, 0.2) is 22.9 Å². The van der Waals surface area contributed by atoms with Crippen LogP contribution in [-0.2, 0) is 13.6 Å². The van der Waals surface area contributed by atoms with Crippen LogP contribution in [-0.4, -0.2) is 14.8 Å². The van der Waals surface area contributed by atoms with Crippen LogP contribution in [0.25, 0.3) is 11.5 Å². The van der Waals surface area contributed by atoms with Crippen molar-refractivity contribution in [3.05, 3.63) is 24.4 Å². The summed E-state index contributed by atoms with van der Waals surface area (Å²) in [5.41, 5.74) is 6.14. The van der Waals surface area contributed by atoms with Gasteiger partial charge in [-0.05, 0) is 6.07 Å². The molecule has 2 heterocycles. The van der Waals surface area contributed by atoms with E-state index in [9.17, 15) is 0 Å². The Balaban J connectivity index is 2.35. The monoisotopic (exact) mass is 178 g/mol. The van der Waals surface area contributed by atoms with Crippen LogP contribution in [0.4, 0.5) is 0 Å². The fourth-order valence-corrected chi connectivity index (χ4v) is 1.07. The molecule has 0 radical (unpaired) electrons. The molecular formula is C8H10N4O. The van der Waals surface area contributed by atoms with E-state index >= 15 is 0 Å². The first-order valence-corrected chi connectivity index (χ1v) is 3.94. The van der Waals surface area contributed by atoms with Crippen molar-refractivity contribution in [3.8, 4) is 11.5 Å². The highest BCUT2D eigenvalue weighted by atomic mass is 16.4. The van der Waals surface area contributed by atoms with Gasteiger partial charge < -0.3 is 10.2 Å². The third-order valence-electron chi connectivity index (χ3n) is 1.69. The van der Waals surface area contributed by atoms with Crippen LogP contribution >= 0.6 is 0 Å². The minimum absolute atomic E-state index is 0.312. The molecule has 2 aromatic heterocycles. The molecule has 0 atom stereocenters. The first kappa shape index (κ1) is 8.00. The smallest absolute Gasteiger partial charge is 0.208 e. The summed E-state index contributed by atoms with van der Waals surface area (Å²) in [6.45, 7) is 0.312. The summed E-state index contributed by atoms with van der Waals surface area (Å²) >= 11 is 0. The standard InChI is InChI=1S/C8H10N4O/c1-12-3-2-6(11-12)7-5-10-8(4-9)13-7/h2-3,5H,4,9H2,1H3. The number of aromatic nitrogens is 3. The van der Waals surface area contributed by atoms with E-state index < -0.39 is 0 Å². The predicted molar refractivity (Wildman–Crippen MR) is 46.6 cm³/mol. The van der Waals surface area contributed by atoms with Crippen LogP contribution in [0.2, 0.25) is 0 Å². The molecule has 2 aromatic rings. The zero-order valence-corrected chi connectivity index (χ0v) is 7.27. The Hall–Kier alpha value is -1.62. The number of hydrogen-bond acceptors (Lipinski definition) is 4. The number of rotatable bonds is 2. The molecule has 0 unspecified atom stereocenters. The molecule has 0 bridgehead atoms. The van der Waals surface area contributed by atoms with E-state index in [-0.39, 0.29) is 0 Å². The zero-order valence-electron chi connectivity index (χ0n) is 7.27. The molecule has 0 aromatic carbocycles. The van der Waals surface area contributed by atoms with Gasteiger partial charge in [0.1, 0.15) is 5.69 Å². The Morgan fingerprint density at radius 1 is 1.62 bits per heavy atom. The zero-order chi connectivity index (χ0) is 9.26. The van der Waals surface area contributed by atoms with Gasteiger partial charge >= 0.3 is 0 Å². The molecule has 2 N–H and O–H groups in total. The van der Waals surface area contributed by atoms with Gasteiger partial charge in [0.05, 0.1) is 12.7 Å². The second-order valence-corrected chi connectivity index (χ2v) is 2.70. The molecule has 0 spiro atoms. The minimum Gasteiger partial charge on any atom is -0.438 e. The molecule has 0 aliphatic carbocycles. The summed E-state index contributed by atoms with van der Waals surface area (Å²) in [5.74, 6) is 1.18. The van der Waals surface area contributed by atoms with E-state index in [1.165, 1.54) is 0 Å². The van der Waals surface area contributed by atoms with Crippen LogP contribution < -0.4 is 5.73 Å². The Morgan fingerprint density at radius 2 is 2.46 bits per heavy atom. The van der Waals surface area contributed by atoms with Gasteiger partial charge in [-0.3, -0.25) is 4.68 Å². The fourth-order valence-electron chi connectivity index (χ4n) is 1.07. The van der Waals surface area contributed by atoms with E-state index in [2.05, 4.69) is 10.1 Å². The van der Waals surface area contributed by atoms with Gasteiger partial charge in [-0.2, -0.15) is 5.10 Å². The van der Waals surface area contributed by atoms with Gasteiger partial charge in [0, 0.05) is 13.2 Å². The lowest BCUT2D eigenvalue weighted by atomic mass is 10.4. The van der Waals surface area contributed by atoms with Gasteiger partial charge in [0.25, 0.3) is 0 Å². The molecule has 5 nitrogen and oxygen atoms in total. The summed E-state index contributed by atoms with van der Waals surface area (Å²) in [7, 11) is 1.85. The molecule has 0 aliphatic heterocycles. The largest absolute Gasteiger partial charge is 0.438 e. The maximum atomic E-state index is 5.36. The van der Waals surface area contributed by atoms with Crippen LogP contribution in [0.1, 0.15) is 5.89 Å². The molecule has 13 heavy (non-hydrogen) atoms. The molecule has 0 amide bonds. The van der Waals surface area contributed by atoms with Gasteiger partial charge in [0.15, 0.2) is 5.76 Å². The quantitative estimate of drug-likeness (QED) is 0.728. The van der Waals surface area contributed by atoms with E-state index in [1.807, 2.05) is 19.3 Å². The van der Waals surface area contributed by atoms with Gasteiger partial charge in [0.2, 0.25) is 5.89 Å². The minimum atomic E-state index is 0.312. The average molecular weight is 178 g/mol. The maximum absolute atomic E-state index is 5.36. The third kappa shape index (κ3) is 1.46. The molecule has 5 heteroatoms. The highest BCUT2D eigenvalue weighted by Gasteiger charge is 2.06. The normalized spacial score (nSPS) is 10.6. The average Bonchev–Trinajstić information content (AvgIpc) is 2.71. The number of oxazole rings is 1. The van der Waals surface area contributed by atoms with E-state index in [0.717, 1.165) is 5.69 Å². The van der Waals surface area contributed by atoms with E-state index in [1.54, 1.807) is 10.9 Å². The van der Waals surface area contributed by atoms with Crippen molar-refractivity contribution >= 4 is 0 Å². The van der Waals surface area contributed by atoms with Crippen molar-refractivity contribution in [1.82, 2.24) is 14.8 Å². The first-order valence-electron chi connectivity index (χ1n) is 3.94. The second-order valence-electron chi connectivity index (χ2n) is 2.70. The number of hydrogen-bond donors (Lipinski definition) is 1. The molecule has 2 rings (SSSR count). The Bertz CT molecular complexity index is 404. The number of aryl methyl sites for hydroxylation is 1. The number of nitrogens with zero attached hydrogens (tertiary/aromatic N) is 3. The van der Waals surface area contributed by atoms with Gasteiger partial charge in [-0.25, -0.2) is 4.98 Å². The molecule has 0 fully saturated rings. The molecule has 0 saturated carbocycles. The summed E-state index contributed by atoms with van der Waals surface area (Å²) in [6, 6.07) is 1.86. The lowest BCUT2D eigenvalue weighted by molar-refractivity contribution is 0.507. The van der Waals surface area contributed by atoms with Crippen LogP contribution in [0.5, 0.6) is 0 Å². The van der Waals surface area contributed by atoms with Gasteiger partial charge in [-0.15, -0.1) is 0 Å². The summed E-state index contributed by atoms with van der Waals surface area (Å²) in [5, 5.41) is 4.17. The molecular weight excluding hydrogens is 168 g/mol. The topological polar surface area (TPSA) is 69.9 Å². The van der Waals surface area contributed by atoms with E-state index in [4.69, 9.17) is 10.2 Å². The highest BCUT2D eigenvalue weighted by Crippen LogP contribution is 2.17. The SMILES string of the molecule is Cn1ccc(-c2cnc(CN)o2)n1. The lowest BCUT2D eigenvalue weighted by Gasteiger charge is -1.88. The van der Waals surface area contributed by atoms with Crippen molar-refractivity contribution in [2.24, 2.45) is 12.8 Å². The van der Waals surface area contributed by atoms with Crippen molar-refractivity contribution in [2.45, 2.75) is 6.54 Å². The van der Waals surface area contributed by atoms with Crippen molar-refractivity contribution in [2.75, 3.05) is 0 Å². The first-order chi connectivity index (χ1) is 6.29. The van der Waals surface area contributed by atoms with Crippen molar-refractivity contribution in [1.29, 1.82) is 0 Å². The Kier molecular flexibility index (Phi) is 1.86. The summed E-state index contributed by atoms with van der Waals surface area (Å²) in [4.78, 5) is 3.98. The fraction of sp³-hybridized carbons (Fsp3) is 0.250. The lowest BCUT2D eigenvalue weighted by Crippen LogP contribution is -1.94. The molecule has 0 saturated heterocycles. The van der Waals surface area contributed by atoms with Gasteiger partial charge in [-0.1, -0.05) is 0 Å². The van der Waals surface area contributed by atoms with Crippen LogP contribution in [0, 0.1) is 0 Å².